The Labute approximate surface area is 178 Å². The molecule has 0 saturated carbocycles. The fourth-order valence-corrected chi connectivity index (χ4v) is 4.80. The van der Waals surface area contributed by atoms with E-state index >= 15 is 0 Å². The van der Waals surface area contributed by atoms with Gasteiger partial charge in [-0.15, -0.1) is 0 Å². The predicted octanol–water partition coefficient (Wildman–Crippen LogP) is 2.96. The molecule has 7 heteroatoms. The number of nitrogens with zero attached hydrogens (tertiary/aromatic N) is 2. The molecule has 0 saturated heterocycles. The van der Waals surface area contributed by atoms with Crippen LogP contribution >= 0.6 is 0 Å². The van der Waals surface area contributed by atoms with Crippen molar-refractivity contribution >= 4 is 41.7 Å². The number of carbonyl (C=O) groups excluding carboxylic acids is 2. The molecule has 0 N–H and O–H groups in total. The van der Waals surface area contributed by atoms with E-state index in [0.29, 0.717) is 21.0 Å². The van der Waals surface area contributed by atoms with Crippen LogP contribution in [0.3, 0.4) is 0 Å². The third-order valence-electron chi connectivity index (χ3n) is 4.32. The number of nitriles is 1. The Bertz CT molecular complexity index is 1240. The van der Waals surface area contributed by atoms with Gasteiger partial charge in [0.2, 0.25) is 0 Å². The van der Waals surface area contributed by atoms with Gasteiger partial charge >= 0.3 is 179 Å². The van der Waals surface area contributed by atoms with Gasteiger partial charge in [0.25, 0.3) is 0 Å². The molecule has 0 aliphatic carbocycles. The molecular formula is C23H15AsN2O4. The molecule has 0 bridgehead atoms. The molecule has 0 radical (unpaired) electrons. The summed E-state index contributed by atoms with van der Waals surface area (Å²) in [7, 11) is 0. The number of ether oxygens (including phenoxy) is 1. The number of hydrogen-bond donors (Lipinski definition) is 0. The molecule has 146 valence electrons. The van der Waals surface area contributed by atoms with E-state index < -0.39 is 21.7 Å². The van der Waals surface area contributed by atoms with E-state index in [1.165, 1.54) is 6.07 Å². The summed E-state index contributed by atoms with van der Waals surface area (Å²) in [5, 5.41) is 9.20. The van der Waals surface area contributed by atoms with Crippen LogP contribution in [0.1, 0.15) is 32.2 Å². The number of benzene rings is 3. The summed E-state index contributed by atoms with van der Waals surface area (Å²) >= 11 is -1.46. The maximum absolute atomic E-state index is 12.8. The first kappa shape index (κ1) is 19.6. The van der Waals surface area contributed by atoms with Gasteiger partial charge in [0.1, 0.15) is 0 Å². The van der Waals surface area contributed by atoms with E-state index in [9.17, 15) is 14.9 Å². The molecule has 4 aromatic rings. The Balaban J connectivity index is 1.57. The molecule has 30 heavy (non-hydrogen) atoms. The van der Waals surface area contributed by atoms with Crippen LogP contribution < -0.4 is 4.35 Å². The summed E-state index contributed by atoms with van der Waals surface area (Å²) in [5.41, 5.74) is 2.55. The molecule has 4 rings (SSSR count). The summed E-state index contributed by atoms with van der Waals surface area (Å²) in [6, 6.07) is 23.1. The minimum absolute atomic E-state index is 0.0316. The summed E-state index contributed by atoms with van der Waals surface area (Å²) < 4.78 is 11.3. The molecular weight excluding hydrogens is 443 g/mol. The van der Waals surface area contributed by atoms with Crippen molar-refractivity contribution in [1.29, 1.82) is 5.26 Å². The minimum atomic E-state index is -1.46. The molecule has 0 aliphatic rings. The number of oxazole rings is 1. The van der Waals surface area contributed by atoms with E-state index in [1.807, 2.05) is 42.5 Å². The second-order valence-electron chi connectivity index (χ2n) is 6.37. The van der Waals surface area contributed by atoms with Crippen LogP contribution in [0.4, 0.5) is 0 Å². The Morgan fingerprint density at radius 1 is 1.03 bits per heavy atom. The fourth-order valence-electron chi connectivity index (χ4n) is 2.84. The van der Waals surface area contributed by atoms with Gasteiger partial charge in [0.15, 0.2) is 0 Å². The van der Waals surface area contributed by atoms with Crippen LogP contribution in [0, 0.1) is 11.3 Å². The van der Waals surface area contributed by atoms with Gasteiger partial charge in [-0.05, 0) is 0 Å². The van der Waals surface area contributed by atoms with Crippen molar-refractivity contribution in [1.82, 2.24) is 4.98 Å². The Kier molecular flexibility index (Phi) is 5.74. The first-order valence-corrected chi connectivity index (χ1v) is 11.2. The molecule has 1 aromatic heterocycles. The number of aromatic nitrogens is 1. The van der Waals surface area contributed by atoms with Crippen LogP contribution in [0.2, 0.25) is 0 Å². The average Bonchev–Trinajstić information content (AvgIpc) is 3.23. The number of rotatable bonds is 6. The van der Waals surface area contributed by atoms with E-state index in [4.69, 9.17) is 9.15 Å². The van der Waals surface area contributed by atoms with Crippen molar-refractivity contribution in [2.24, 2.45) is 0 Å². The zero-order valence-electron chi connectivity index (χ0n) is 15.7. The van der Waals surface area contributed by atoms with Gasteiger partial charge in [0, 0.05) is 0 Å². The van der Waals surface area contributed by atoms with E-state index in [-0.39, 0.29) is 22.6 Å². The molecule has 6 nitrogen and oxygen atoms in total. The third kappa shape index (κ3) is 4.32. The second-order valence-corrected chi connectivity index (χ2v) is 8.98. The number of esters is 1. The SMILES string of the molecule is N#Cc1ccc([AsH]C(=O)c2nc3ccccc3o2)c(C(=O)OCc2ccccc2)c1. The van der Waals surface area contributed by atoms with Crippen LogP contribution in [-0.4, -0.2) is 31.3 Å². The Morgan fingerprint density at radius 3 is 2.57 bits per heavy atom. The zero-order valence-corrected chi connectivity index (χ0v) is 17.8. The predicted molar refractivity (Wildman–Crippen MR) is 112 cm³/mol. The van der Waals surface area contributed by atoms with E-state index in [2.05, 4.69) is 4.98 Å². The fraction of sp³-hybridized carbons (Fsp3) is 0.0435. The van der Waals surface area contributed by atoms with Gasteiger partial charge in [-0.2, -0.15) is 0 Å². The molecule has 3 aromatic carbocycles. The van der Waals surface area contributed by atoms with Gasteiger partial charge in [-0.3, -0.25) is 0 Å². The quantitative estimate of drug-likeness (QED) is 0.326. The molecule has 0 aliphatic heterocycles. The normalized spacial score (nSPS) is 10.9. The third-order valence-corrected chi connectivity index (χ3v) is 6.72. The summed E-state index contributed by atoms with van der Waals surface area (Å²) in [6.45, 7) is 0.106. The molecule has 0 fully saturated rings. The average molecular weight is 458 g/mol. The van der Waals surface area contributed by atoms with Gasteiger partial charge < -0.3 is 0 Å². The van der Waals surface area contributed by atoms with Crippen molar-refractivity contribution in [2.45, 2.75) is 6.61 Å². The molecule has 1 atom stereocenters. The van der Waals surface area contributed by atoms with Crippen LogP contribution in [0.5, 0.6) is 0 Å². The van der Waals surface area contributed by atoms with Crippen molar-refractivity contribution in [3.05, 3.63) is 95.4 Å². The first-order valence-electron chi connectivity index (χ1n) is 9.06. The summed E-state index contributed by atoms with van der Waals surface area (Å²) in [5.74, 6) is -0.538. The van der Waals surface area contributed by atoms with Crippen molar-refractivity contribution in [3.63, 3.8) is 0 Å². The van der Waals surface area contributed by atoms with Crippen molar-refractivity contribution in [2.75, 3.05) is 0 Å². The van der Waals surface area contributed by atoms with Crippen molar-refractivity contribution in [3.8, 4) is 6.07 Å². The van der Waals surface area contributed by atoms with Gasteiger partial charge in [-0.25, -0.2) is 0 Å². The standard InChI is InChI=1S/C23H15AsN2O4/c25-13-16-10-11-18(17(12-16)23(28)29-14-15-6-2-1-3-7-15)24-21(27)22-26-19-8-4-5-9-20(19)30-22/h1-12,24H,14H2. The number of carbonyl (C=O) groups is 2. The monoisotopic (exact) mass is 458 g/mol. The van der Waals surface area contributed by atoms with Gasteiger partial charge in [-0.1, -0.05) is 0 Å². The molecule has 0 spiro atoms. The Morgan fingerprint density at radius 2 is 1.80 bits per heavy atom. The van der Waals surface area contributed by atoms with E-state index in [1.54, 1.807) is 30.3 Å². The maximum atomic E-state index is 12.8. The molecule has 1 unspecified atom stereocenters. The van der Waals surface area contributed by atoms with Crippen LogP contribution in [0.25, 0.3) is 11.1 Å². The zero-order chi connectivity index (χ0) is 20.9. The van der Waals surface area contributed by atoms with Crippen LogP contribution in [0.15, 0.2) is 77.2 Å². The topological polar surface area (TPSA) is 93.2 Å². The van der Waals surface area contributed by atoms with Gasteiger partial charge in [0.05, 0.1) is 0 Å². The molecule has 1 heterocycles. The van der Waals surface area contributed by atoms with Crippen LogP contribution in [-0.2, 0) is 11.3 Å². The molecule has 0 amide bonds. The number of hydrogen-bond acceptors (Lipinski definition) is 6. The van der Waals surface area contributed by atoms with Crippen molar-refractivity contribution < 1.29 is 18.7 Å². The summed E-state index contributed by atoms with van der Waals surface area (Å²) in [6.07, 6.45) is 0. The number of para-hydroxylation sites is 2. The van der Waals surface area contributed by atoms with E-state index in [0.717, 1.165) is 5.56 Å². The number of fused-ring (bicyclic) bond motifs is 1. The Hall–Kier alpha value is -3.68. The first-order chi connectivity index (χ1) is 14.6. The summed E-state index contributed by atoms with van der Waals surface area (Å²) in [4.78, 5) is 29.7. The second kappa shape index (κ2) is 8.77.